The van der Waals surface area contributed by atoms with Crippen molar-refractivity contribution >= 4 is 40.7 Å². The molecule has 166 valence electrons. The molecule has 0 unspecified atom stereocenters. The van der Waals surface area contributed by atoms with Gasteiger partial charge in [0.25, 0.3) is 0 Å². The first-order valence-electron chi connectivity index (χ1n) is 10.4. The van der Waals surface area contributed by atoms with Gasteiger partial charge in [-0.05, 0) is 82.2 Å². The molecular formula is C23H37BrCl2N2O. The molecule has 0 aliphatic rings. The highest BCUT2D eigenvalue weighted by atomic mass is 79.9. The van der Waals surface area contributed by atoms with Crippen LogP contribution in [0.4, 0.5) is 0 Å². The molecule has 1 heterocycles. The van der Waals surface area contributed by atoms with Crippen molar-refractivity contribution < 1.29 is 4.42 Å². The fraction of sp³-hybridized carbons (Fsp3) is 0.565. The standard InChI is InChI=1S/C23H35BrN2O.2ClH/c1-4-6-14-26(15-7-5-2)16-8-13-25-18-21-10-12-23(27-21)20-9-11-22(24)19(3)17-20;;/h9-12,17,25H,4-8,13-16,18H2,1-3H3;2*1H. The Morgan fingerprint density at radius 2 is 1.59 bits per heavy atom. The van der Waals surface area contributed by atoms with Crippen LogP contribution < -0.4 is 5.32 Å². The van der Waals surface area contributed by atoms with E-state index in [-0.39, 0.29) is 24.8 Å². The predicted molar refractivity (Wildman–Crippen MR) is 134 cm³/mol. The van der Waals surface area contributed by atoms with E-state index < -0.39 is 0 Å². The van der Waals surface area contributed by atoms with Gasteiger partial charge in [0.15, 0.2) is 0 Å². The number of nitrogens with one attached hydrogen (secondary N) is 1. The maximum absolute atomic E-state index is 6.01. The second kappa shape index (κ2) is 16.2. The minimum absolute atomic E-state index is 0. The molecule has 0 atom stereocenters. The first-order valence-corrected chi connectivity index (χ1v) is 11.2. The van der Waals surface area contributed by atoms with E-state index in [9.17, 15) is 0 Å². The Balaban J connectivity index is 0.00000392. The smallest absolute Gasteiger partial charge is 0.134 e. The molecule has 0 saturated heterocycles. The predicted octanol–water partition coefficient (Wildman–Crippen LogP) is 7.24. The zero-order valence-electron chi connectivity index (χ0n) is 18.0. The molecule has 0 bridgehead atoms. The van der Waals surface area contributed by atoms with E-state index >= 15 is 0 Å². The van der Waals surface area contributed by atoms with Gasteiger partial charge in [0.05, 0.1) is 6.54 Å². The summed E-state index contributed by atoms with van der Waals surface area (Å²) < 4.78 is 7.14. The van der Waals surface area contributed by atoms with Crippen molar-refractivity contribution in [2.75, 3.05) is 26.2 Å². The Morgan fingerprint density at radius 3 is 2.21 bits per heavy atom. The summed E-state index contributed by atoms with van der Waals surface area (Å²) in [6.45, 7) is 12.1. The van der Waals surface area contributed by atoms with Crippen LogP contribution in [0.25, 0.3) is 11.3 Å². The molecule has 2 aromatic rings. The third-order valence-electron chi connectivity index (χ3n) is 4.89. The highest BCUT2D eigenvalue weighted by Crippen LogP contribution is 2.26. The number of hydrogen-bond donors (Lipinski definition) is 1. The van der Waals surface area contributed by atoms with Crippen LogP contribution in [-0.2, 0) is 6.54 Å². The largest absolute Gasteiger partial charge is 0.460 e. The molecular weight excluding hydrogens is 471 g/mol. The Bertz CT molecular complexity index is 671. The van der Waals surface area contributed by atoms with Crippen molar-refractivity contribution in [3.8, 4) is 11.3 Å². The van der Waals surface area contributed by atoms with Crippen LogP contribution in [0, 0.1) is 6.92 Å². The quantitative estimate of drug-likeness (QED) is 0.289. The monoisotopic (exact) mass is 506 g/mol. The van der Waals surface area contributed by atoms with Crippen molar-refractivity contribution in [2.45, 2.75) is 59.4 Å². The van der Waals surface area contributed by atoms with Crippen molar-refractivity contribution in [3.05, 3.63) is 46.1 Å². The summed E-state index contributed by atoms with van der Waals surface area (Å²) >= 11 is 3.55. The zero-order valence-corrected chi connectivity index (χ0v) is 21.2. The lowest BCUT2D eigenvalue weighted by molar-refractivity contribution is 0.260. The van der Waals surface area contributed by atoms with Crippen LogP contribution in [0.5, 0.6) is 0 Å². The van der Waals surface area contributed by atoms with Crippen molar-refractivity contribution in [1.82, 2.24) is 10.2 Å². The number of halogens is 3. The van der Waals surface area contributed by atoms with E-state index in [0.29, 0.717) is 0 Å². The minimum atomic E-state index is 0. The number of nitrogens with zero attached hydrogens (tertiary/aromatic N) is 1. The fourth-order valence-corrected chi connectivity index (χ4v) is 3.41. The average Bonchev–Trinajstić information content (AvgIpc) is 3.14. The van der Waals surface area contributed by atoms with E-state index in [1.54, 1.807) is 0 Å². The molecule has 0 aliphatic heterocycles. The molecule has 2 rings (SSSR count). The Kier molecular flexibility index (Phi) is 15.9. The van der Waals surface area contributed by atoms with Crippen LogP contribution in [0.3, 0.4) is 0 Å². The molecule has 29 heavy (non-hydrogen) atoms. The van der Waals surface area contributed by atoms with Crippen molar-refractivity contribution in [3.63, 3.8) is 0 Å². The summed E-state index contributed by atoms with van der Waals surface area (Å²) in [6.07, 6.45) is 6.36. The highest BCUT2D eigenvalue weighted by Gasteiger charge is 2.07. The van der Waals surface area contributed by atoms with Gasteiger partial charge in [0.2, 0.25) is 0 Å². The highest BCUT2D eigenvalue weighted by molar-refractivity contribution is 9.10. The third-order valence-corrected chi connectivity index (χ3v) is 5.78. The lowest BCUT2D eigenvalue weighted by Gasteiger charge is -2.21. The lowest BCUT2D eigenvalue weighted by atomic mass is 10.1. The first-order chi connectivity index (χ1) is 13.1. The molecule has 0 radical (unpaired) electrons. The summed E-state index contributed by atoms with van der Waals surface area (Å²) in [5.41, 5.74) is 2.35. The number of hydrogen-bond acceptors (Lipinski definition) is 3. The Labute approximate surface area is 198 Å². The number of rotatable bonds is 13. The molecule has 1 aromatic carbocycles. The number of unbranched alkanes of at least 4 members (excludes halogenated alkanes) is 2. The van der Waals surface area contributed by atoms with Gasteiger partial charge in [0.1, 0.15) is 11.5 Å². The maximum atomic E-state index is 6.01. The number of furan rings is 1. The fourth-order valence-electron chi connectivity index (χ4n) is 3.16. The second-order valence-corrected chi connectivity index (χ2v) is 8.16. The molecule has 6 heteroatoms. The SMILES string of the molecule is CCCCN(CCCC)CCCNCc1ccc(-c2ccc(Br)c(C)c2)o1.Cl.Cl. The number of benzene rings is 1. The first kappa shape index (κ1) is 28.5. The topological polar surface area (TPSA) is 28.4 Å². The van der Waals surface area contributed by atoms with Gasteiger partial charge in [-0.25, -0.2) is 0 Å². The average molecular weight is 508 g/mol. The van der Waals surface area contributed by atoms with E-state index in [0.717, 1.165) is 34.6 Å². The summed E-state index contributed by atoms with van der Waals surface area (Å²) in [5.74, 6) is 1.94. The molecule has 0 amide bonds. The number of aryl methyl sites for hydroxylation is 1. The van der Waals surface area contributed by atoms with Gasteiger partial charge in [-0.3, -0.25) is 0 Å². The summed E-state index contributed by atoms with van der Waals surface area (Å²) in [4.78, 5) is 2.62. The normalized spacial score (nSPS) is 10.7. The van der Waals surface area contributed by atoms with E-state index in [2.05, 4.69) is 77.2 Å². The van der Waals surface area contributed by atoms with Crippen LogP contribution in [0.15, 0.2) is 39.2 Å². The molecule has 3 nitrogen and oxygen atoms in total. The Hall–Kier alpha value is -0.520. The third kappa shape index (κ3) is 10.4. The van der Waals surface area contributed by atoms with E-state index in [1.807, 2.05) is 0 Å². The molecule has 1 N–H and O–H groups in total. The van der Waals surface area contributed by atoms with Gasteiger partial charge in [0, 0.05) is 10.0 Å². The zero-order chi connectivity index (χ0) is 19.5. The van der Waals surface area contributed by atoms with Crippen LogP contribution in [0.1, 0.15) is 57.3 Å². The summed E-state index contributed by atoms with van der Waals surface area (Å²) in [5, 5.41) is 3.53. The van der Waals surface area contributed by atoms with E-state index in [4.69, 9.17) is 4.42 Å². The Morgan fingerprint density at radius 1 is 0.931 bits per heavy atom. The van der Waals surface area contributed by atoms with Crippen LogP contribution >= 0.6 is 40.7 Å². The van der Waals surface area contributed by atoms with Gasteiger partial charge in [-0.1, -0.05) is 48.7 Å². The van der Waals surface area contributed by atoms with E-state index in [1.165, 1.54) is 57.3 Å². The van der Waals surface area contributed by atoms with Gasteiger partial charge < -0.3 is 14.6 Å². The van der Waals surface area contributed by atoms with Gasteiger partial charge in [-0.15, -0.1) is 24.8 Å². The summed E-state index contributed by atoms with van der Waals surface area (Å²) in [7, 11) is 0. The van der Waals surface area contributed by atoms with Gasteiger partial charge in [-0.2, -0.15) is 0 Å². The minimum Gasteiger partial charge on any atom is -0.460 e. The molecule has 0 aliphatic carbocycles. The van der Waals surface area contributed by atoms with Crippen LogP contribution in [-0.4, -0.2) is 31.1 Å². The van der Waals surface area contributed by atoms with Crippen LogP contribution in [0.2, 0.25) is 0 Å². The van der Waals surface area contributed by atoms with Crippen molar-refractivity contribution in [1.29, 1.82) is 0 Å². The van der Waals surface area contributed by atoms with Crippen molar-refractivity contribution in [2.24, 2.45) is 0 Å². The lowest BCUT2D eigenvalue weighted by Crippen LogP contribution is -2.29. The molecule has 0 saturated carbocycles. The second-order valence-electron chi connectivity index (χ2n) is 7.31. The molecule has 0 fully saturated rings. The van der Waals surface area contributed by atoms with Gasteiger partial charge >= 0.3 is 0 Å². The summed E-state index contributed by atoms with van der Waals surface area (Å²) in [6, 6.07) is 10.5. The molecule has 1 aromatic heterocycles. The molecule has 0 spiro atoms. The maximum Gasteiger partial charge on any atom is 0.134 e.